The lowest BCUT2D eigenvalue weighted by Crippen LogP contribution is -2.14. The minimum atomic E-state index is -0.101. The molecule has 116 valence electrons. The van der Waals surface area contributed by atoms with Crippen molar-refractivity contribution in [2.45, 2.75) is 6.42 Å². The van der Waals surface area contributed by atoms with Gasteiger partial charge < -0.3 is 14.8 Å². The lowest BCUT2D eigenvalue weighted by Gasteiger charge is -2.03. The molecule has 0 aliphatic carbocycles. The second-order valence-corrected chi connectivity index (χ2v) is 6.73. The Hall–Kier alpha value is -2.38. The minimum Gasteiger partial charge on any atom is -0.454 e. The molecule has 1 aliphatic rings. The standard InChI is InChI=1S/C16H12N2O3S2/c19-15(7-10-3-4-12-13(6-10)21-9-20-12)18-16-17-11(8-23-16)14-2-1-5-22-14/h1-6,8H,7,9H2,(H,17,18,19). The lowest BCUT2D eigenvalue weighted by atomic mass is 10.1. The summed E-state index contributed by atoms with van der Waals surface area (Å²) in [5.74, 6) is 1.30. The minimum absolute atomic E-state index is 0.101. The van der Waals surface area contributed by atoms with Gasteiger partial charge in [0.2, 0.25) is 12.7 Å². The Kier molecular flexibility index (Phi) is 3.72. The van der Waals surface area contributed by atoms with Gasteiger partial charge in [0.05, 0.1) is 17.0 Å². The molecule has 0 saturated heterocycles. The van der Waals surface area contributed by atoms with Crippen molar-refractivity contribution in [3.63, 3.8) is 0 Å². The third-order valence-corrected chi connectivity index (χ3v) is 4.98. The molecular formula is C16H12N2O3S2. The van der Waals surface area contributed by atoms with Crippen molar-refractivity contribution in [3.8, 4) is 22.1 Å². The quantitative estimate of drug-likeness (QED) is 0.782. The van der Waals surface area contributed by atoms with Gasteiger partial charge in [0.15, 0.2) is 16.6 Å². The van der Waals surface area contributed by atoms with Gasteiger partial charge in [0, 0.05) is 5.38 Å². The van der Waals surface area contributed by atoms with Gasteiger partial charge in [-0.25, -0.2) is 4.98 Å². The van der Waals surface area contributed by atoms with Crippen LogP contribution >= 0.6 is 22.7 Å². The highest BCUT2D eigenvalue weighted by Gasteiger charge is 2.15. The second-order valence-electron chi connectivity index (χ2n) is 4.93. The van der Waals surface area contributed by atoms with Crippen LogP contribution in [0.2, 0.25) is 0 Å². The highest BCUT2D eigenvalue weighted by atomic mass is 32.1. The molecule has 1 amide bonds. The van der Waals surface area contributed by atoms with Crippen LogP contribution in [0, 0.1) is 0 Å². The number of thiophene rings is 1. The largest absolute Gasteiger partial charge is 0.454 e. The Morgan fingerprint density at radius 3 is 3.00 bits per heavy atom. The van der Waals surface area contributed by atoms with E-state index in [0.29, 0.717) is 10.9 Å². The van der Waals surface area contributed by atoms with Crippen molar-refractivity contribution in [2.75, 3.05) is 12.1 Å². The molecule has 0 bridgehead atoms. The first-order valence-corrected chi connectivity index (χ1v) is 8.72. The molecule has 1 aliphatic heterocycles. The Bertz CT molecular complexity index is 843. The fourth-order valence-corrected chi connectivity index (χ4v) is 3.76. The summed E-state index contributed by atoms with van der Waals surface area (Å²) in [5, 5.41) is 7.40. The zero-order valence-electron chi connectivity index (χ0n) is 11.9. The fraction of sp³-hybridized carbons (Fsp3) is 0.125. The lowest BCUT2D eigenvalue weighted by molar-refractivity contribution is -0.115. The van der Waals surface area contributed by atoms with Crippen LogP contribution in [0.5, 0.6) is 11.5 Å². The zero-order valence-corrected chi connectivity index (χ0v) is 13.6. The number of fused-ring (bicyclic) bond motifs is 1. The molecule has 1 N–H and O–H groups in total. The number of thiazole rings is 1. The summed E-state index contributed by atoms with van der Waals surface area (Å²) in [6, 6.07) is 9.52. The molecule has 0 radical (unpaired) electrons. The number of amides is 1. The number of hydrogen-bond acceptors (Lipinski definition) is 6. The predicted octanol–water partition coefficient (Wildman–Crippen LogP) is 3.78. The summed E-state index contributed by atoms with van der Waals surface area (Å²) >= 11 is 3.05. The van der Waals surface area contributed by atoms with E-state index in [2.05, 4.69) is 10.3 Å². The molecule has 4 rings (SSSR count). The Balaban J connectivity index is 1.42. The number of aromatic nitrogens is 1. The number of ether oxygens (including phenoxy) is 2. The molecule has 0 atom stereocenters. The van der Waals surface area contributed by atoms with Crippen LogP contribution in [-0.4, -0.2) is 17.7 Å². The smallest absolute Gasteiger partial charge is 0.231 e. The topological polar surface area (TPSA) is 60.5 Å². The summed E-state index contributed by atoms with van der Waals surface area (Å²) < 4.78 is 10.6. The van der Waals surface area contributed by atoms with Crippen LogP contribution in [0.25, 0.3) is 10.6 Å². The molecule has 0 fully saturated rings. The van der Waals surface area contributed by atoms with Gasteiger partial charge in [-0.15, -0.1) is 22.7 Å². The van der Waals surface area contributed by atoms with E-state index in [1.165, 1.54) is 11.3 Å². The van der Waals surface area contributed by atoms with Crippen LogP contribution in [0.3, 0.4) is 0 Å². The maximum atomic E-state index is 12.2. The van der Waals surface area contributed by atoms with Crippen molar-refractivity contribution in [1.82, 2.24) is 4.98 Å². The number of rotatable bonds is 4. The van der Waals surface area contributed by atoms with Gasteiger partial charge in [-0.2, -0.15) is 0 Å². The van der Waals surface area contributed by atoms with Crippen molar-refractivity contribution in [1.29, 1.82) is 0 Å². The van der Waals surface area contributed by atoms with E-state index >= 15 is 0 Å². The third kappa shape index (κ3) is 3.06. The molecule has 1 aromatic carbocycles. The molecule has 5 nitrogen and oxygen atoms in total. The average molecular weight is 344 g/mol. The number of anilines is 1. The highest BCUT2D eigenvalue weighted by Crippen LogP contribution is 2.33. The first kappa shape index (κ1) is 14.2. The van der Waals surface area contributed by atoms with E-state index in [1.54, 1.807) is 11.3 Å². The van der Waals surface area contributed by atoms with E-state index in [1.807, 2.05) is 41.1 Å². The molecular weight excluding hydrogens is 332 g/mol. The molecule has 0 unspecified atom stereocenters. The van der Waals surface area contributed by atoms with Crippen LogP contribution in [0.15, 0.2) is 41.1 Å². The second kappa shape index (κ2) is 6.02. The van der Waals surface area contributed by atoms with Gasteiger partial charge in [-0.05, 0) is 29.1 Å². The molecule has 23 heavy (non-hydrogen) atoms. The van der Waals surface area contributed by atoms with Gasteiger partial charge in [0.1, 0.15) is 0 Å². The summed E-state index contributed by atoms with van der Waals surface area (Å²) in [6.45, 7) is 0.232. The zero-order chi connectivity index (χ0) is 15.6. The molecule has 3 heterocycles. The normalized spacial score (nSPS) is 12.3. The Morgan fingerprint density at radius 1 is 1.22 bits per heavy atom. The number of nitrogens with one attached hydrogen (secondary N) is 1. The van der Waals surface area contributed by atoms with Crippen molar-refractivity contribution in [2.24, 2.45) is 0 Å². The Labute approximate surface area is 140 Å². The van der Waals surface area contributed by atoms with Crippen LogP contribution < -0.4 is 14.8 Å². The SMILES string of the molecule is O=C(Cc1ccc2c(c1)OCO2)Nc1nc(-c2cccs2)cs1. The van der Waals surface area contributed by atoms with Crippen LogP contribution in [-0.2, 0) is 11.2 Å². The van der Waals surface area contributed by atoms with Crippen molar-refractivity contribution >= 4 is 33.7 Å². The number of benzene rings is 1. The molecule has 0 spiro atoms. The predicted molar refractivity (Wildman–Crippen MR) is 90.3 cm³/mol. The monoisotopic (exact) mass is 344 g/mol. The molecule has 3 aromatic rings. The number of hydrogen-bond donors (Lipinski definition) is 1. The summed E-state index contributed by atoms with van der Waals surface area (Å²) in [6.07, 6.45) is 0.268. The van der Waals surface area contributed by atoms with Crippen LogP contribution in [0.1, 0.15) is 5.56 Å². The molecule has 2 aromatic heterocycles. The summed E-state index contributed by atoms with van der Waals surface area (Å²) in [4.78, 5) is 17.7. The number of carbonyl (C=O) groups excluding carboxylic acids is 1. The van der Waals surface area contributed by atoms with E-state index in [0.717, 1.165) is 21.9 Å². The van der Waals surface area contributed by atoms with Gasteiger partial charge in [0.25, 0.3) is 0 Å². The first-order valence-electron chi connectivity index (χ1n) is 6.96. The highest BCUT2D eigenvalue weighted by molar-refractivity contribution is 7.16. The van der Waals surface area contributed by atoms with E-state index in [4.69, 9.17) is 9.47 Å². The van der Waals surface area contributed by atoms with Crippen molar-refractivity contribution in [3.05, 3.63) is 46.7 Å². The Morgan fingerprint density at radius 2 is 2.13 bits per heavy atom. The third-order valence-electron chi connectivity index (χ3n) is 3.33. The van der Waals surface area contributed by atoms with Gasteiger partial charge >= 0.3 is 0 Å². The van der Waals surface area contributed by atoms with E-state index in [9.17, 15) is 4.79 Å². The maximum absolute atomic E-state index is 12.2. The van der Waals surface area contributed by atoms with Gasteiger partial charge in [-0.1, -0.05) is 12.1 Å². The summed E-state index contributed by atoms with van der Waals surface area (Å²) in [7, 11) is 0. The first-order chi connectivity index (χ1) is 11.3. The maximum Gasteiger partial charge on any atom is 0.231 e. The summed E-state index contributed by atoms with van der Waals surface area (Å²) in [5.41, 5.74) is 1.77. The average Bonchev–Trinajstić information content (AvgIpc) is 3.27. The number of carbonyl (C=O) groups is 1. The van der Waals surface area contributed by atoms with Crippen molar-refractivity contribution < 1.29 is 14.3 Å². The van der Waals surface area contributed by atoms with E-state index < -0.39 is 0 Å². The van der Waals surface area contributed by atoms with Gasteiger partial charge in [-0.3, -0.25) is 4.79 Å². The van der Waals surface area contributed by atoms with Crippen LogP contribution in [0.4, 0.5) is 5.13 Å². The number of nitrogens with zero attached hydrogens (tertiary/aromatic N) is 1. The van der Waals surface area contributed by atoms with E-state index in [-0.39, 0.29) is 19.1 Å². The molecule has 7 heteroatoms. The molecule has 0 saturated carbocycles. The fourth-order valence-electron chi connectivity index (χ4n) is 2.27.